The zero-order chi connectivity index (χ0) is 27.8. The van der Waals surface area contributed by atoms with Crippen LogP contribution in [0.15, 0.2) is 77.7 Å². The van der Waals surface area contributed by atoms with Crippen molar-refractivity contribution in [2.75, 3.05) is 18.2 Å². The summed E-state index contributed by atoms with van der Waals surface area (Å²) < 4.78 is 23.2. The summed E-state index contributed by atoms with van der Waals surface area (Å²) >= 11 is 1.67. The van der Waals surface area contributed by atoms with Crippen LogP contribution in [0.5, 0.6) is 5.75 Å². The molecule has 1 amide bonds. The molecule has 0 radical (unpaired) electrons. The van der Waals surface area contributed by atoms with Crippen LogP contribution in [-0.2, 0) is 30.4 Å². The number of hydrogen-bond acceptors (Lipinski definition) is 8. The fourth-order valence-electron chi connectivity index (χ4n) is 4.21. The molecule has 0 aliphatic carbocycles. The van der Waals surface area contributed by atoms with E-state index in [1.165, 1.54) is 13.8 Å². The number of anilines is 1. The highest BCUT2D eigenvalue weighted by molar-refractivity contribution is 7.99. The number of rotatable bonds is 10. The second kappa shape index (κ2) is 13.6. The number of aliphatic hydroxyl groups excluding tert-OH is 1. The zero-order valence-corrected chi connectivity index (χ0v) is 23.0. The Hall–Kier alpha value is -3.37. The van der Waals surface area contributed by atoms with Crippen LogP contribution in [0.3, 0.4) is 0 Å². The Morgan fingerprint density at radius 1 is 1.03 bits per heavy atom. The van der Waals surface area contributed by atoms with Crippen LogP contribution < -0.4 is 10.1 Å². The predicted molar refractivity (Wildman–Crippen MR) is 148 cm³/mol. The third-order valence-corrected chi connectivity index (χ3v) is 7.46. The molecule has 0 aromatic heterocycles. The number of methoxy groups -OCH3 is 1. The monoisotopic (exact) mass is 551 g/mol. The Morgan fingerprint density at radius 3 is 2.38 bits per heavy atom. The lowest BCUT2D eigenvalue weighted by molar-refractivity contribution is -0.245. The van der Waals surface area contributed by atoms with E-state index in [1.54, 1.807) is 31.0 Å². The minimum Gasteiger partial charge on any atom is -0.496 e. The van der Waals surface area contributed by atoms with Crippen LogP contribution in [0.25, 0.3) is 0 Å². The highest BCUT2D eigenvalue weighted by atomic mass is 32.2. The van der Waals surface area contributed by atoms with Crippen molar-refractivity contribution in [2.24, 2.45) is 0 Å². The summed E-state index contributed by atoms with van der Waals surface area (Å²) in [6, 6.07) is 22.9. The molecule has 4 rings (SSSR count). The van der Waals surface area contributed by atoms with Gasteiger partial charge in [0, 0.05) is 35.2 Å². The van der Waals surface area contributed by atoms with Crippen molar-refractivity contribution in [1.82, 2.24) is 0 Å². The Kier molecular flexibility index (Phi) is 10.00. The number of thioether (sulfide) groups is 1. The van der Waals surface area contributed by atoms with E-state index < -0.39 is 24.3 Å². The first-order chi connectivity index (χ1) is 18.9. The molecule has 9 heteroatoms. The number of carbonyl (C=O) groups is 2. The maximum atomic E-state index is 12.3. The van der Waals surface area contributed by atoms with Gasteiger partial charge in [0.1, 0.15) is 5.75 Å². The van der Waals surface area contributed by atoms with Gasteiger partial charge in [0.15, 0.2) is 12.4 Å². The van der Waals surface area contributed by atoms with E-state index in [1.807, 2.05) is 60.7 Å². The van der Waals surface area contributed by atoms with E-state index in [0.29, 0.717) is 17.9 Å². The molecule has 3 aromatic carbocycles. The van der Waals surface area contributed by atoms with Gasteiger partial charge in [-0.1, -0.05) is 48.5 Å². The average molecular weight is 552 g/mol. The molecule has 1 fully saturated rings. The number of aliphatic hydroxyl groups is 1. The number of hydrogen-bond donors (Lipinski definition) is 2. The van der Waals surface area contributed by atoms with Crippen LogP contribution in [0.4, 0.5) is 5.69 Å². The minimum atomic E-state index is -0.897. The number of benzene rings is 3. The molecule has 206 valence electrons. The molecule has 4 atom stereocenters. The molecule has 3 aromatic rings. The van der Waals surface area contributed by atoms with Gasteiger partial charge in [-0.3, -0.25) is 9.59 Å². The number of nitrogens with one attached hydrogen (secondary N) is 1. The summed E-state index contributed by atoms with van der Waals surface area (Å²) in [4.78, 5) is 24.5. The molecular formula is C30H33NO7S. The van der Waals surface area contributed by atoms with Crippen molar-refractivity contribution in [3.63, 3.8) is 0 Å². The fourth-order valence-corrected chi connectivity index (χ4v) is 5.26. The first-order valence-corrected chi connectivity index (χ1v) is 13.7. The Balaban J connectivity index is 1.49. The van der Waals surface area contributed by atoms with Gasteiger partial charge in [-0.2, -0.15) is 0 Å². The van der Waals surface area contributed by atoms with Crippen molar-refractivity contribution < 1.29 is 33.6 Å². The van der Waals surface area contributed by atoms with Gasteiger partial charge in [0.05, 0.1) is 25.9 Å². The van der Waals surface area contributed by atoms with Gasteiger partial charge < -0.3 is 29.4 Å². The Bertz CT molecular complexity index is 1250. The predicted octanol–water partition coefficient (Wildman–Crippen LogP) is 5.42. The van der Waals surface area contributed by atoms with Crippen molar-refractivity contribution in [1.29, 1.82) is 0 Å². The van der Waals surface area contributed by atoms with Crippen LogP contribution >= 0.6 is 11.8 Å². The highest BCUT2D eigenvalue weighted by Crippen LogP contribution is 2.40. The van der Waals surface area contributed by atoms with Crippen molar-refractivity contribution in [3.8, 4) is 5.75 Å². The Labute approximate surface area is 232 Å². The molecule has 1 aliphatic heterocycles. The lowest BCUT2D eigenvalue weighted by atomic mass is 10.0. The summed E-state index contributed by atoms with van der Waals surface area (Å²) in [5.41, 5.74) is 3.23. The van der Waals surface area contributed by atoms with Crippen molar-refractivity contribution >= 4 is 29.3 Å². The van der Waals surface area contributed by atoms with Crippen LogP contribution in [-0.4, -0.2) is 42.1 Å². The first kappa shape index (κ1) is 28.6. The maximum Gasteiger partial charge on any atom is 0.303 e. The van der Waals surface area contributed by atoms with E-state index >= 15 is 0 Å². The van der Waals surface area contributed by atoms with Crippen molar-refractivity contribution in [2.45, 2.75) is 56.4 Å². The summed E-state index contributed by atoms with van der Waals surface area (Å²) in [6.45, 7) is 2.77. The van der Waals surface area contributed by atoms with Gasteiger partial charge in [-0.25, -0.2) is 0 Å². The summed E-state index contributed by atoms with van der Waals surface area (Å²) in [5, 5.41) is 12.2. The topological polar surface area (TPSA) is 103 Å². The summed E-state index contributed by atoms with van der Waals surface area (Å²) in [5.74, 6) is 0.595. The molecule has 39 heavy (non-hydrogen) atoms. The molecule has 1 heterocycles. The molecule has 0 spiro atoms. The van der Waals surface area contributed by atoms with Crippen LogP contribution in [0.1, 0.15) is 49.4 Å². The number of para-hydroxylation sites is 1. The molecule has 2 N–H and O–H groups in total. The minimum absolute atomic E-state index is 0.0156. The normalized spacial score (nSPS) is 19.6. The van der Waals surface area contributed by atoms with Gasteiger partial charge in [-0.05, 0) is 42.3 Å². The molecule has 0 saturated carbocycles. The van der Waals surface area contributed by atoms with E-state index in [0.717, 1.165) is 27.3 Å². The number of esters is 1. The van der Waals surface area contributed by atoms with Crippen molar-refractivity contribution in [3.05, 3.63) is 89.5 Å². The van der Waals surface area contributed by atoms with Crippen LogP contribution in [0.2, 0.25) is 0 Å². The molecule has 1 aliphatic rings. The number of ether oxygens (including phenoxy) is 4. The standard InChI is InChI=1S/C30H33NO7S/c1-19(36-20(2)33)29(34)31-24-14-12-23(13-15-24)30-37-25(18-39-28-7-5-4-6-26(28)35-3)16-27(38-30)22-10-8-21(17-32)9-11-22/h4-15,19,25,27,30,32H,16-18H2,1-3H3,(H,31,34)/t19-,25-,27+,30+/m0/s1. The van der Waals surface area contributed by atoms with E-state index in [4.69, 9.17) is 18.9 Å². The van der Waals surface area contributed by atoms with Gasteiger partial charge in [-0.15, -0.1) is 11.8 Å². The molecule has 0 unspecified atom stereocenters. The third kappa shape index (κ3) is 7.83. The van der Waals surface area contributed by atoms with Crippen LogP contribution in [0, 0.1) is 0 Å². The SMILES string of the molecule is COc1ccccc1SC[C@@H]1C[C@H](c2ccc(CO)cc2)O[C@H](c2ccc(NC(=O)[C@H](C)OC(C)=O)cc2)O1. The zero-order valence-electron chi connectivity index (χ0n) is 22.2. The van der Waals surface area contributed by atoms with E-state index in [-0.39, 0.29) is 18.8 Å². The van der Waals surface area contributed by atoms with E-state index in [2.05, 4.69) is 5.32 Å². The molecule has 1 saturated heterocycles. The van der Waals surface area contributed by atoms with E-state index in [9.17, 15) is 14.7 Å². The summed E-state index contributed by atoms with van der Waals surface area (Å²) in [7, 11) is 1.66. The lowest BCUT2D eigenvalue weighted by Crippen LogP contribution is -2.31. The molecule has 8 nitrogen and oxygen atoms in total. The quantitative estimate of drug-likeness (QED) is 0.255. The largest absolute Gasteiger partial charge is 0.496 e. The fraction of sp³-hybridized carbons (Fsp3) is 0.333. The number of carbonyl (C=O) groups excluding carboxylic acids is 2. The molecule has 0 bridgehead atoms. The second-order valence-electron chi connectivity index (χ2n) is 9.17. The lowest BCUT2D eigenvalue weighted by Gasteiger charge is -2.36. The van der Waals surface area contributed by atoms with Gasteiger partial charge >= 0.3 is 5.97 Å². The average Bonchev–Trinajstić information content (AvgIpc) is 2.96. The van der Waals surface area contributed by atoms with Gasteiger partial charge in [0.2, 0.25) is 0 Å². The smallest absolute Gasteiger partial charge is 0.303 e. The third-order valence-electron chi connectivity index (χ3n) is 6.27. The highest BCUT2D eigenvalue weighted by Gasteiger charge is 2.32. The number of amides is 1. The Morgan fingerprint density at radius 2 is 1.72 bits per heavy atom. The first-order valence-electron chi connectivity index (χ1n) is 12.7. The summed E-state index contributed by atoms with van der Waals surface area (Å²) in [6.07, 6.45) is -1.16. The maximum absolute atomic E-state index is 12.3. The molecular weight excluding hydrogens is 518 g/mol. The second-order valence-corrected chi connectivity index (χ2v) is 10.2. The van der Waals surface area contributed by atoms with Gasteiger partial charge in [0.25, 0.3) is 5.91 Å².